The fourth-order valence-electron chi connectivity index (χ4n) is 3.70. The molecule has 1 aromatic rings. The Balaban J connectivity index is 1.33. The molecule has 8 nitrogen and oxygen atoms in total. The molecule has 1 N–H and O–H groups in total. The van der Waals surface area contributed by atoms with Gasteiger partial charge in [-0.15, -0.1) is 0 Å². The van der Waals surface area contributed by atoms with E-state index in [2.05, 4.69) is 10.2 Å². The maximum atomic E-state index is 13.0. The molecular weight excluding hydrogens is 360 g/mol. The minimum absolute atomic E-state index is 0.0617. The van der Waals surface area contributed by atoms with Crippen molar-refractivity contribution in [3.05, 3.63) is 24.3 Å². The molecule has 4 rings (SSSR count). The molecule has 150 valence electrons. The molecule has 3 aliphatic rings. The van der Waals surface area contributed by atoms with Crippen molar-refractivity contribution in [3.8, 4) is 5.75 Å². The lowest BCUT2D eigenvalue weighted by Crippen LogP contribution is -2.57. The van der Waals surface area contributed by atoms with E-state index < -0.39 is 6.10 Å². The molecule has 8 heteroatoms. The zero-order chi connectivity index (χ0) is 19.7. The summed E-state index contributed by atoms with van der Waals surface area (Å²) in [6, 6.07) is 7.64. The third-order valence-corrected chi connectivity index (χ3v) is 5.42. The second-order valence-electron chi connectivity index (χ2n) is 7.65. The van der Waals surface area contributed by atoms with E-state index >= 15 is 0 Å². The van der Waals surface area contributed by atoms with Crippen molar-refractivity contribution in [2.75, 3.05) is 44.2 Å². The van der Waals surface area contributed by atoms with Crippen LogP contribution in [0.2, 0.25) is 0 Å². The number of anilines is 1. The highest BCUT2D eigenvalue weighted by Crippen LogP contribution is 2.33. The van der Waals surface area contributed by atoms with E-state index in [1.54, 1.807) is 15.9 Å². The summed E-state index contributed by atoms with van der Waals surface area (Å²) < 4.78 is 5.91. The number of hydrogen-bond acceptors (Lipinski definition) is 5. The molecule has 1 saturated carbocycles. The first kappa shape index (κ1) is 18.7. The maximum absolute atomic E-state index is 13.0. The first-order chi connectivity index (χ1) is 13.5. The van der Waals surface area contributed by atoms with Crippen LogP contribution in [0.3, 0.4) is 0 Å². The number of amides is 3. The van der Waals surface area contributed by atoms with E-state index in [-0.39, 0.29) is 24.3 Å². The van der Waals surface area contributed by atoms with Crippen molar-refractivity contribution >= 4 is 23.4 Å². The summed E-state index contributed by atoms with van der Waals surface area (Å²) in [5.41, 5.74) is 0.700. The van der Waals surface area contributed by atoms with Gasteiger partial charge in [0.05, 0.1) is 18.8 Å². The van der Waals surface area contributed by atoms with Crippen LogP contribution in [0, 0.1) is 0 Å². The number of ether oxygens (including phenoxy) is 1. The largest absolute Gasteiger partial charge is 0.476 e. The average Bonchev–Trinajstić information content (AvgIpc) is 3.50. The van der Waals surface area contributed by atoms with Gasteiger partial charge in [0.1, 0.15) is 5.75 Å². The monoisotopic (exact) mass is 386 g/mol. The van der Waals surface area contributed by atoms with Crippen LogP contribution in [0.4, 0.5) is 5.69 Å². The molecule has 1 unspecified atom stereocenters. The van der Waals surface area contributed by atoms with Crippen molar-refractivity contribution in [1.82, 2.24) is 15.1 Å². The quantitative estimate of drug-likeness (QED) is 0.801. The summed E-state index contributed by atoms with van der Waals surface area (Å²) in [4.78, 5) is 42.4. The minimum Gasteiger partial charge on any atom is -0.476 e. The third kappa shape index (κ3) is 4.11. The van der Waals surface area contributed by atoms with Crippen molar-refractivity contribution in [2.45, 2.75) is 31.9 Å². The van der Waals surface area contributed by atoms with Crippen molar-refractivity contribution < 1.29 is 19.1 Å². The van der Waals surface area contributed by atoms with Gasteiger partial charge in [0.2, 0.25) is 11.8 Å². The third-order valence-electron chi connectivity index (χ3n) is 5.42. The second-order valence-corrected chi connectivity index (χ2v) is 7.65. The summed E-state index contributed by atoms with van der Waals surface area (Å²) in [6.07, 6.45) is 1.45. The highest BCUT2D eigenvalue weighted by atomic mass is 16.5. The number of nitrogens with zero attached hydrogens (tertiary/aromatic N) is 3. The predicted octanol–water partition coefficient (Wildman–Crippen LogP) is 0.223. The lowest BCUT2D eigenvalue weighted by molar-refractivity contribution is -0.140. The average molecular weight is 386 g/mol. The first-order valence-electron chi connectivity index (χ1n) is 9.85. The number of hydrogen-bond donors (Lipinski definition) is 1. The van der Waals surface area contributed by atoms with Crippen LogP contribution < -0.4 is 15.0 Å². The summed E-state index contributed by atoms with van der Waals surface area (Å²) in [5, 5.41) is 2.99. The molecule has 0 radical (unpaired) electrons. The molecule has 1 aromatic carbocycles. The number of fused-ring (bicyclic) bond motifs is 1. The Morgan fingerprint density at radius 2 is 1.82 bits per heavy atom. The normalized spacial score (nSPS) is 22.2. The standard InChI is InChI=1S/C20H26N4O4/c1-14(25)24-12-18(28-17-5-3-2-4-16(17)24)20(27)23-10-8-22(9-11-23)13-19(26)21-15-6-7-15/h2-5,15,18H,6-13H2,1H3,(H,21,26). The molecule has 0 spiro atoms. The highest BCUT2D eigenvalue weighted by Gasteiger charge is 2.36. The summed E-state index contributed by atoms with van der Waals surface area (Å²) in [7, 11) is 0. The minimum atomic E-state index is -0.705. The number of rotatable bonds is 4. The molecule has 2 fully saturated rings. The van der Waals surface area contributed by atoms with Gasteiger partial charge in [-0.05, 0) is 25.0 Å². The number of benzene rings is 1. The van der Waals surface area contributed by atoms with Gasteiger partial charge < -0.3 is 19.9 Å². The molecule has 3 amide bonds. The number of nitrogens with one attached hydrogen (secondary N) is 1. The van der Waals surface area contributed by atoms with Gasteiger partial charge in [0, 0.05) is 39.1 Å². The van der Waals surface area contributed by atoms with Gasteiger partial charge in [-0.25, -0.2) is 0 Å². The zero-order valence-corrected chi connectivity index (χ0v) is 16.1. The second kappa shape index (κ2) is 7.79. The van der Waals surface area contributed by atoms with E-state index in [1.165, 1.54) is 6.92 Å². The molecule has 2 heterocycles. The van der Waals surface area contributed by atoms with Crippen molar-refractivity contribution in [1.29, 1.82) is 0 Å². The molecule has 1 aliphatic carbocycles. The van der Waals surface area contributed by atoms with Crippen LogP contribution in [-0.4, -0.2) is 78.9 Å². The van der Waals surface area contributed by atoms with E-state index in [4.69, 9.17) is 4.74 Å². The van der Waals surface area contributed by atoms with Gasteiger partial charge >= 0.3 is 0 Å². The topological polar surface area (TPSA) is 82.2 Å². The Morgan fingerprint density at radius 3 is 2.50 bits per heavy atom. The number of para-hydroxylation sites is 2. The van der Waals surface area contributed by atoms with Gasteiger partial charge in [-0.3, -0.25) is 19.3 Å². The molecular formula is C20H26N4O4. The number of carbonyl (C=O) groups excluding carboxylic acids is 3. The Labute approximate surface area is 164 Å². The van der Waals surface area contributed by atoms with Gasteiger partial charge in [-0.1, -0.05) is 12.1 Å². The van der Waals surface area contributed by atoms with Crippen LogP contribution in [0.1, 0.15) is 19.8 Å². The van der Waals surface area contributed by atoms with Crippen LogP contribution in [0.5, 0.6) is 5.75 Å². The van der Waals surface area contributed by atoms with E-state index in [0.717, 1.165) is 12.8 Å². The molecule has 0 bridgehead atoms. The number of piperazine rings is 1. The van der Waals surface area contributed by atoms with Gasteiger partial charge in [-0.2, -0.15) is 0 Å². The van der Waals surface area contributed by atoms with Crippen molar-refractivity contribution in [2.24, 2.45) is 0 Å². The number of carbonyl (C=O) groups is 3. The highest BCUT2D eigenvalue weighted by molar-refractivity contribution is 5.95. The van der Waals surface area contributed by atoms with Crippen LogP contribution in [0.25, 0.3) is 0 Å². The van der Waals surface area contributed by atoms with Crippen LogP contribution in [-0.2, 0) is 14.4 Å². The molecule has 1 atom stereocenters. The predicted molar refractivity (Wildman–Crippen MR) is 103 cm³/mol. The Morgan fingerprint density at radius 1 is 1.11 bits per heavy atom. The van der Waals surface area contributed by atoms with E-state index in [9.17, 15) is 14.4 Å². The van der Waals surface area contributed by atoms with E-state index in [1.807, 2.05) is 18.2 Å². The molecule has 1 saturated heterocycles. The summed E-state index contributed by atoms with van der Waals surface area (Å²) in [5.74, 6) is 0.396. The Hall–Kier alpha value is -2.61. The van der Waals surface area contributed by atoms with Gasteiger partial charge in [0.25, 0.3) is 5.91 Å². The lowest BCUT2D eigenvalue weighted by atomic mass is 10.1. The van der Waals surface area contributed by atoms with Gasteiger partial charge in [0.15, 0.2) is 6.10 Å². The van der Waals surface area contributed by atoms with Crippen molar-refractivity contribution in [3.63, 3.8) is 0 Å². The molecule has 28 heavy (non-hydrogen) atoms. The van der Waals surface area contributed by atoms with E-state index in [0.29, 0.717) is 50.2 Å². The Kier molecular flexibility index (Phi) is 5.21. The first-order valence-corrected chi connectivity index (χ1v) is 9.85. The maximum Gasteiger partial charge on any atom is 0.265 e. The Bertz CT molecular complexity index is 771. The molecule has 0 aromatic heterocycles. The van der Waals surface area contributed by atoms with Crippen LogP contribution in [0.15, 0.2) is 24.3 Å². The fraction of sp³-hybridized carbons (Fsp3) is 0.550. The summed E-state index contributed by atoms with van der Waals surface area (Å²) >= 11 is 0. The fourth-order valence-corrected chi connectivity index (χ4v) is 3.70. The zero-order valence-electron chi connectivity index (χ0n) is 16.1. The SMILES string of the molecule is CC(=O)N1CC(C(=O)N2CCN(CC(=O)NC3CC3)CC2)Oc2ccccc21. The summed E-state index contributed by atoms with van der Waals surface area (Å²) in [6.45, 7) is 4.51. The molecule has 2 aliphatic heterocycles. The lowest BCUT2D eigenvalue weighted by Gasteiger charge is -2.39. The smallest absolute Gasteiger partial charge is 0.265 e. The van der Waals surface area contributed by atoms with Crippen LogP contribution >= 0.6 is 0 Å².